The van der Waals surface area contributed by atoms with Gasteiger partial charge in [0.2, 0.25) is 0 Å². The number of hydrogen-bond donors (Lipinski definition) is 1. The summed E-state index contributed by atoms with van der Waals surface area (Å²) in [6.45, 7) is 1.90. The molecule has 0 bridgehead atoms. The second kappa shape index (κ2) is 5.60. The van der Waals surface area contributed by atoms with E-state index in [0.29, 0.717) is 0 Å². The number of para-hydroxylation sites is 1. The van der Waals surface area contributed by atoms with Gasteiger partial charge in [-0.2, -0.15) is 0 Å². The first kappa shape index (κ1) is 15.4. The zero-order valence-electron chi connectivity index (χ0n) is 11.9. The largest absolute Gasteiger partial charge is 0.269 e. The highest BCUT2D eigenvalue weighted by molar-refractivity contribution is 7.93. The van der Waals surface area contributed by atoms with E-state index in [1.54, 1.807) is 0 Å². The summed E-state index contributed by atoms with van der Waals surface area (Å²) < 4.78 is 28.0. The number of hydrogen-bond acceptors (Lipinski definition) is 6. The van der Waals surface area contributed by atoms with E-state index in [-0.39, 0.29) is 15.7 Å². The predicted octanol–water partition coefficient (Wildman–Crippen LogP) is 3.31. The monoisotopic (exact) mass is 349 g/mol. The van der Waals surface area contributed by atoms with Crippen molar-refractivity contribution in [2.75, 3.05) is 4.72 Å². The van der Waals surface area contributed by atoms with Crippen molar-refractivity contribution < 1.29 is 13.3 Å². The van der Waals surface area contributed by atoms with Gasteiger partial charge in [-0.1, -0.05) is 23.5 Å². The lowest BCUT2D eigenvalue weighted by Gasteiger charge is -2.04. The molecule has 1 aromatic heterocycles. The number of aryl methyl sites for hydroxylation is 1. The topological polar surface area (TPSA) is 102 Å². The average molecular weight is 349 g/mol. The SMILES string of the molecule is Cc1cccc2sc(NS(=O)(=O)c3ccc([N+](=O)[O-])cc3)nc12. The highest BCUT2D eigenvalue weighted by Crippen LogP contribution is 2.29. The average Bonchev–Trinajstić information content (AvgIpc) is 2.90. The van der Waals surface area contributed by atoms with E-state index in [1.165, 1.54) is 23.5 Å². The first-order valence-corrected chi connectivity index (χ1v) is 8.80. The van der Waals surface area contributed by atoms with Crippen LogP contribution in [0.1, 0.15) is 5.56 Å². The van der Waals surface area contributed by atoms with Crippen LogP contribution >= 0.6 is 11.3 Å². The van der Waals surface area contributed by atoms with Gasteiger partial charge in [0, 0.05) is 12.1 Å². The molecule has 0 saturated carbocycles. The standard InChI is InChI=1S/C14H11N3O4S2/c1-9-3-2-4-12-13(9)15-14(22-12)16-23(20,21)11-7-5-10(6-8-11)17(18)19/h2-8H,1H3,(H,15,16). The summed E-state index contributed by atoms with van der Waals surface area (Å²) in [7, 11) is -3.84. The van der Waals surface area contributed by atoms with Crippen molar-refractivity contribution in [3.63, 3.8) is 0 Å². The lowest BCUT2D eigenvalue weighted by atomic mass is 10.2. The van der Waals surface area contributed by atoms with E-state index < -0.39 is 14.9 Å². The number of benzene rings is 2. The Bertz CT molecular complexity index is 995. The molecular weight excluding hydrogens is 338 g/mol. The van der Waals surface area contributed by atoms with Crippen molar-refractivity contribution in [2.45, 2.75) is 11.8 Å². The molecule has 9 heteroatoms. The number of rotatable bonds is 4. The maximum absolute atomic E-state index is 12.3. The van der Waals surface area contributed by atoms with Crippen molar-refractivity contribution in [1.29, 1.82) is 0 Å². The number of fused-ring (bicyclic) bond motifs is 1. The Morgan fingerprint density at radius 2 is 1.87 bits per heavy atom. The molecule has 2 aromatic carbocycles. The molecule has 0 radical (unpaired) electrons. The van der Waals surface area contributed by atoms with Crippen molar-refractivity contribution in [3.05, 3.63) is 58.1 Å². The number of aromatic nitrogens is 1. The molecule has 3 rings (SSSR count). The van der Waals surface area contributed by atoms with Gasteiger partial charge >= 0.3 is 0 Å². The lowest BCUT2D eigenvalue weighted by molar-refractivity contribution is -0.384. The minimum Gasteiger partial charge on any atom is -0.258 e. The fourth-order valence-electron chi connectivity index (χ4n) is 2.05. The molecule has 0 spiro atoms. The van der Waals surface area contributed by atoms with Gasteiger partial charge in [0.05, 0.1) is 20.0 Å². The third-order valence-corrected chi connectivity index (χ3v) is 5.62. The molecule has 1 N–H and O–H groups in total. The van der Waals surface area contributed by atoms with E-state index in [2.05, 4.69) is 9.71 Å². The molecule has 0 fully saturated rings. The quantitative estimate of drug-likeness (QED) is 0.575. The third kappa shape index (κ3) is 3.01. The Balaban J connectivity index is 1.93. The Hall–Kier alpha value is -2.52. The molecule has 0 unspecified atom stereocenters. The van der Waals surface area contributed by atoms with Crippen LogP contribution in [0.2, 0.25) is 0 Å². The van der Waals surface area contributed by atoms with Crippen LogP contribution in [-0.4, -0.2) is 18.3 Å². The van der Waals surface area contributed by atoms with Crippen molar-refractivity contribution in [1.82, 2.24) is 4.98 Å². The predicted molar refractivity (Wildman–Crippen MR) is 88.3 cm³/mol. The second-order valence-corrected chi connectivity index (χ2v) is 7.51. The number of non-ortho nitro benzene ring substituents is 1. The number of anilines is 1. The van der Waals surface area contributed by atoms with E-state index in [0.717, 1.165) is 27.9 Å². The molecule has 0 atom stereocenters. The molecule has 7 nitrogen and oxygen atoms in total. The van der Waals surface area contributed by atoms with Gasteiger partial charge in [-0.3, -0.25) is 14.8 Å². The van der Waals surface area contributed by atoms with Crippen LogP contribution in [-0.2, 0) is 10.0 Å². The Morgan fingerprint density at radius 3 is 2.48 bits per heavy atom. The Morgan fingerprint density at radius 1 is 1.17 bits per heavy atom. The highest BCUT2D eigenvalue weighted by atomic mass is 32.2. The fraction of sp³-hybridized carbons (Fsp3) is 0.0714. The van der Waals surface area contributed by atoms with Crippen LogP contribution in [0.3, 0.4) is 0 Å². The number of nitro groups is 1. The van der Waals surface area contributed by atoms with Crippen LogP contribution in [0.4, 0.5) is 10.8 Å². The summed E-state index contributed by atoms with van der Waals surface area (Å²) in [5, 5.41) is 10.9. The maximum Gasteiger partial charge on any atom is 0.269 e. The molecule has 0 aliphatic rings. The smallest absolute Gasteiger partial charge is 0.258 e. The number of nitro benzene ring substituents is 1. The van der Waals surface area contributed by atoms with Gasteiger partial charge in [-0.05, 0) is 30.7 Å². The number of nitrogens with one attached hydrogen (secondary N) is 1. The molecule has 0 amide bonds. The van der Waals surface area contributed by atoms with Gasteiger partial charge < -0.3 is 0 Å². The van der Waals surface area contributed by atoms with E-state index in [4.69, 9.17) is 0 Å². The highest BCUT2D eigenvalue weighted by Gasteiger charge is 2.18. The van der Waals surface area contributed by atoms with Gasteiger partial charge in [0.1, 0.15) is 0 Å². The molecule has 3 aromatic rings. The fourth-order valence-corrected chi connectivity index (χ4v) is 4.23. The molecule has 0 saturated heterocycles. The van der Waals surface area contributed by atoms with Crippen LogP contribution in [0.5, 0.6) is 0 Å². The van der Waals surface area contributed by atoms with Crippen LogP contribution in [0.15, 0.2) is 47.4 Å². The van der Waals surface area contributed by atoms with Crippen molar-refractivity contribution in [3.8, 4) is 0 Å². The molecule has 0 aliphatic carbocycles. The summed E-state index contributed by atoms with van der Waals surface area (Å²) in [6.07, 6.45) is 0. The maximum atomic E-state index is 12.3. The van der Waals surface area contributed by atoms with Gasteiger partial charge in [0.25, 0.3) is 15.7 Å². The van der Waals surface area contributed by atoms with Crippen LogP contribution < -0.4 is 4.72 Å². The summed E-state index contributed by atoms with van der Waals surface area (Å²) in [4.78, 5) is 14.3. The zero-order chi connectivity index (χ0) is 16.6. The molecular formula is C14H11N3O4S2. The third-order valence-electron chi connectivity index (χ3n) is 3.20. The van der Waals surface area contributed by atoms with Gasteiger partial charge in [-0.15, -0.1) is 0 Å². The second-order valence-electron chi connectivity index (χ2n) is 4.80. The van der Waals surface area contributed by atoms with E-state index in [9.17, 15) is 18.5 Å². The van der Waals surface area contributed by atoms with Crippen LogP contribution in [0, 0.1) is 17.0 Å². The lowest BCUT2D eigenvalue weighted by Crippen LogP contribution is -2.12. The Labute approximate surface area is 135 Å². The first-order chi connectivity index (χ1) is 10.9. The summed E-state index contributed by atoms with van der Waals surface area (Å²) >= 11 is 1.23. The summed E-state index contributed by atoms with van der Waals surface area (Å²) in [5.74, 6) is 0. The summed E-state index contributed by atoms with van der Waals surface area (Å²) in [6, 6.07) is 10.3. The van der Waals surface area contributed by atoms with E-state index in [1.807, 2.05) is 25.1 Å². The minimum atomic E-state index is -3.84. The van der Waals surface area contributed by atoms with E-state index >= 15 is 0 Å². The van der Waals surface area contributed by atoms with Gasteiger partial charge in [0.15, 0.2) is 5.13 Å². The normalized spacial score (nSPS) is 11.5. The zero-order valence-corrected chi connectivity index (χ0v) is 13.5. The molecule has 118 valence electrons. The summed E-state index contributed by atoms with van der Waals surface area (Å²) in [5.41, 5.74) is 1.54. The minimum absolute atomic E-state index is 0.0564. The molecule has 23 heavy (non-hydrogen) atoms. The van der Waals surface area contributed by atoms with Crippen molar-refractivity contribution in [2.24, 2.45) is 0 Å². The number of sulfonamides is 1. The van der Waals surface area contributed by atoms with Gasteiger partial charge in [-0.25, -0.2) is 13.4 Å². The first-order valence-electron chi connectivity index (χ1n) is 6.50. The molecule has 0 aliphatic heterocycles. The number of thiazole rings is 1. The number of nitrogens with zero attached hydrogens (tertiary/aromatic N) is 2. The Kier molecular flexibility index (Phi) is 3.74. The van der Waals surface area contributed by atoms with Crippen LogP contribution in [0.25, 0.3) is 10.2 Å². The molecule has 1 heterocycles. The van der Waals surface area contributed by atoms with Crippen molar-refractivity contribution >= 4 is 42.4 Å².